The fraction of sp³-hybridized carbons (Fsp3) is 0.269. The summed E-state index contributed by atoms with van der Waals surface area (Å²) in [6, 6.07) is 14.6. The summed E-state index contributed by atoms with van der Waals surface area (Å²) in [5, 5.41) is 7.18. The average molecular weight is 494 g/mol. The van der Waals surface area contributed by atoms with Crippen molar-refractivity contribution in [2.75, 3.05) is 37.5 Å². The van der Waals surface area contributed by atoms with Gasteiger partial charge in [0.25, 0.3) is 5.91 Å². The summed E-state index contributed by atoms with van der Waals surface area (Å²) in [5.74, 6) is -0.232. The van der Waals surface area contributed by atoms with Crippen LogP contribution in [-0.2, 0) is 22.4 Å². The van der Waals surface area contributed by atoms with Crippen molar-refractivity contribution in [2.45, 2.75) is 19.3 Å². The molecule has 0 atom stereocenters. The minimum absolute atomic E-state index is 0.0217. The fourth-order valence-electron chi connectivity index (χ4n) is 4.04. The molecule has 4 rings (SSSR count). The third-order valence-electron chi connectivity index (χ3n) is 5.79. The van der Waals surface area contributed by atoms with Gasteiger partial charge in [0, 0.05) is 24.5 Å². The van der Waals surface area contributed by atoms with Crippen molar-refractivity contribution < 1.29 is 23.9 Å². The number of thiophene rings is 1. The predicted molar refractivity (Wildman–Crippen MR) is 136 cm³/mol. The maximum absolute atomic E-state index is 12.8. The molecule has 182 valence electrons. The Morgan fingerprint density at radius 2 is 1.83 bits per heavy atom. The molecule has 0 unspecified atom stereocenters. The van der Waals surface area contributed by atoms with E-state index in [0.717, 1.165) is 29.7 Å². The molecule has 0 saturated heterocycles. The number of aryl methyl sites for hydroxylation is 1. The van der Waals surface area contributed by atoms with Gasteiger partial charge in [0.1, 0.15) is 0 Å². The molecule has 3 aromatic rings. The average Bonchev–Trinajstić information content (AvgIpc) is 3.42. The van der Waals surface area contributed by atoms with E-state index in [1.54, 1.807) is 31.3 Å². The Bertz CT molecular complexity index is 1230. The van der Waals surface area contributed by atoms with Crippen LogP contribution in [0.4, 0.5) is 11.4 Å². The lowest BCUT2D eigenvalue weighted by atomic mass is 10.0. The van der Waals surface area contributed by atoms with Crippen molar-refractivity contribution in [3.05, 3.63) is 69.9 Å². The highest BCUT2D eigenvalue weighted by molar-refractivity contribution is 7.12. The van der Waals surface area contributed by atoms with Gasteiger partial charge in [-0.1, -0.05) is 12.1 Å². The molecule has 0 fully saturated rings. The lowest BCUT2D eigenvalue weighted by Gasteiger charge is -2.29. The number of carbonyl (C=O) groups excluding carboxylic acids is 3. The highest BCUT2D eigenvalue weighted by atomic mass is 32.1. The van der Waals surface area contributed by atoms with E-state index in [2.05, 4.69) is 10.6 Å². The number of fused-ring (bicyclic) bond motifs is 1. The van der Waals surface area contributed by atoms with Crippen molar-refractivity contribution in [1.82, 2.24) is 5.32 Å². The number of rotatable bonds is 7. The van der Waals surface area contributed by atoms with E-state index < -0.39 is 11.8 Å². The molecule has 0 saturated carbocycles. The number of methoxy groups -OCH3 is 2. The number of benzene rings is 2. The van der Waals surface area contributed by atoms with Gasteiger partial charge in [-0.05, 0) is 72.2 Å². The van der Waals surface area contributed by atoms with Crippen LogP contribution in [0.25, 0.3) is 0 Å². The zero-order valence-electron chi connectivity index (χ0n) is 19.6. The second kappa shape index (κ2) is 11.1. The molecular formula is C26H27N3O5S. The van der Waals surface area contributed by atoms with Gasteiger partial charge in [-0.25, -0.2) is 0 Å². The van der Waals surface area contributed by atoms with Crippen molar-refractivity contribution in [3.63, 3.8) is 0 Å². The molecule has 1 aliphatic rings. The van der Waals surface area contributed by atoms with Crippen LogP contribution in [-0.4, -0.2) is 45.0 Å². The van der Waals surface area contributed by atoms with Crippen LogP contribution >= 0.6 is 11.3 Å². The summed E-state index contributed by atoms with van der Waals surface area (Å²) in [6.07, 6.45) is 2.16. The minimum Gasteiger partial charge on any atom is -0.493 e. The summed E-state index contributed by atoms with van der Waals surface area (Å²) in [5.41, 5.74) is 3.27. The zero-order chi connectivity index (χ0) is 24.8. The van der Waals surface area contributed by atoms with Crippen molar-refractivity contribution in [3.8, 4) is 11.5 Å². The monoisotopic (exact) mass is 493 g/mol. The van der Waals surface area contributed by atoms with Gasteiger partial charge in [0.15, 0.2) is 11.5 Å². The Morgan fingerprint density at radius 3 is 2.57 bits per heavy atom. The van der Waals surface area contributed by atoms with E-state index in [1.807, 2.05) is 41.8 Å². The van der Waals surface area contributed by atoms with E-state index in [0.29, 0.717) is 41.6 Å². The number of anilines is 2. The van der Waals surface area contributed by atoms with E-state index in [-0.39, 0.29) is 5.91 Å². The number of nitrogens with zero attached hydrogens (tertiary/aromatic N) is 1. The number of hydrogen-bond donors (Lipinski definition) is 2. The Labute approximate surface area is 207 Å². The highest BCUT2D eigenvalue weighted by Gasteiger charge is 2.25. The first kappa shape index (κ1) is 24.3. The molecule has 1 aromatic heterocycles. The second-order valence-electron chi connectivity index (χ2n) is 8.03. The fourth-order valence-corrected chi connectivity index (χ4v) is 4.72. The van der Waals surface area contributed by atoms with Crippen LogP contribution in [0.15, 0.2) is 53.9 Å². The first-order valence-corrected chi connectivity index (χ1v) is 12.2. The Kier molecular flexibility index (Phi) is 7.67. The summed E-state index contributed by atoms with van der Waals surface area (Å²) in [7, 11) is 3.13. The normalized spacial score (nSPS) is 12.5. The van der Waals surface area contributed by atoms with Gasteiger partial charge in [-0.2, -0.15) is 0 Å². The summed E-state index contributed by atoms with van der Waals surface area (Å²) < 4.78 is 10.5. The standard InChI is InChI=1S/C26H27N3O5S/c1-33-21-10-7-17(15-22(21)34-2)11-12-27-24(30)25(31)28-19-8-9-20-18(16-19)5-3-13-29(20)26(32)23-6-4-14-35-23/h4,6-10,14-16H,3,5,11-13H2,1-2H3,(H,27,30)(H,28,31). The highest BCUT2D eigenvalue weighted by Crippen LogP contribution is 2.31. The molecule has 0 bridgehead atoms. The minimum atomic E-state index is -0.736. The molecule has 2 N–H and O–H groups in total. The lowest BCUT2D eigenvalue weighted by Crippen LogP contribution is -2.37. The van der Waals surface area contributed by atoms with Crippen molar-refractivity contribution in [1.29, 1.82) is 0 Å². The number of nitrogens with one attached hydrogen (secondary N) is 2. The first-order valence-electron chi connectivity index (χ1n) is 11.3. The lowest BCUT2D eigenvalue weighted by molar-refractivity contribution is -0.136. The van der Waals surface area contributed by atoms with Crippen LogP contribution in [0.3, 0.4) is 0 Å². The molecule has 35 heavy (non-hydrogen) atoms. The summed E-state index contributed by atoms with van der Waals surface area (Å²) in [4.78, 5) is 40.0. The Hall–Kier alpha value is -3.85. The van der Waals surface area contributed by atoms with E-state index >= 15 is 0 Å². The number of ether oxygens (including phenoxy) is 2. The SMILES string of the molecule is COc1ccc(CCNC(=O)C(=O)Nc2ccc3c(c2)CCCN3C(=O)c2cccs2)cc1OC. The number of amides is 3. The van der Waals surface area contributed by atoms with Gasteiger partial charge in [0.05, 0.1) is 19.1 Å². The van der Waals surface area contributed by atoms with Gasteiger partial charge in [-0.15, -0.1) is 11.3 Å². The third kappa shape index (κ3) is 5.63. The van der Waals surface area contributed by atoms with E-state index in [9.17, 15) is 14.4 Å². The van der Waals surface area contributed by atoms with Crippen molar-refractivity contribution >= 4 is 40.4 Å². The first-order chi connectivity index (χ1) is 17.0. The molecule has 0 spiro atoms. The summed E-state index contributed by atoms with van der Waals surface area (Å²) >= 11 is 1.42. The molecule has 0 radical (unpaired) electrons. The van der Waals surface area contributed by atoms with Crippen LogP contribution in [0, 0.1) is 0 Å². The van der Waals surface area contributed by atoms with Crippen molar-refractivity contribution in [2.24, 2.45) is 0 Å². The van der Waals surface area contributed by atoms with Gasteiger partial charge in [-0.3, -0.25) is 14.4 Å². The Morgan fingerprint density at radius 1 is 1.00 bits per heavy atom. The largest absolute Gasteiger partial charge is 0.493 e. The maximum atomic E-state index is 12.8. The summed E-state index contributed by atoms with van der Waals surface area (Å²) in [6.45, 7) is 0.948. The third-order valence-corrected chi connectivity index (χ3v) is 6.64. The van der Waals surface area contributed by atoms with Gasteiger partial charge in [0.2, 0.25) is 0 Å². The topological polar surface area (TPSA) is 97.0 Å². The number of carbonyl (C=O) groups is 3. The predicted octanol–water partition coefficient (Wildman–Crippen LogP) is 3.66. The molecule has 9 heteroatoms. The van der Waals surface area contributed by atoms with Crippen LogP contribution in [0.1, 0.15) is 27.2 Å². The molecule has 0 aliphatic carbocycles. The second-order valence-corrected chi connectivity index (χ2v) is 8.98. The smallest absolute Gasteiger partial charge is 0.313 e. The molecule has 3 amide bonds. The van der Waals surface area contributed by atoms with Crippen LogP contribution in [0.2, 0.25) is 0 Å². The van der Waals surface area contributed by atoms with E-state index in [1.165, 1.54) is 11.3 Å². The number of hydrogen-bond acceptors (Lipinski definition) is 6. The quantitative estimate of drug-likeness (QED) is 0.490. The maximum Gasteiger partial charge on any atom is 0.313 e. The molecule has 1 aliphatic heterocycles. The molecular weight excluding hydrogens is 466 g/mol. The van der Waals surface area contributed by atoms with E-state index in [4.69, 9.17) is 9.47 Å². The molecule has 2 aromatic carbocycles. The van der Waals surface area contributed by atoms with Crippen LogP contribution < -0.4 is 25.0 Å². The molecule has 2 heterocycles. The zero-order valence-corrected chi connectivity index (χ0v) is 20.4. The van der Waals surface area contributed by atoms with Gasteiger partial charge < -0.3 is 25.0 Å². The Balaban J connectivity index is 1.33. The van der Waals surface area contributed by atoms with Crippen LogP contribution in [0.5, 0.6) is 11.5 Å². The van der Waals surface area contributed by atoms with Gasteiger partial charge >= 0.3 is 11.8 Å². The molecule has 8 nitrogen and oxygen atoms in total.